The van der Waals surface area contributed by atoms with Gasteiger partial charge in [0.1, 0.15) is 11.1 Å². The molecule has 12 rings (SSSR count). The van der Waals surface area contributed by atoms with E-state index in [4.69, 9.17) is 9.40 Å². The van der Waals surface area contributed by atoms with E-state index in [1.54, 1.807) is 0 Å². The third-order valence-corrected chi connectivity index (χ3v) is 13.6. The molecule has 0 N–H and O–H groups in total. The van der Waals surface area contributed by atoms with E-state index >= 15 is 0 Å². The first kappa shape index (κ1) is 32.4. The quantitative estimate of drug-likeness (QED) is 0.175. The molecule has 57 heavy (non-hydrogen) atoms. The number of pyridine rings is 1. The summed E-state index contributed by atoms with van der Waals surface area (Å²) in [5.41, 5.74) is 14.0. The average molecular weight is 762 g/mol. The number of hydrogen-bond donors (Lipinski definition) is 0. The Hall–Kier alpha value is -6.85. The number of fused-ring (bicyclic) bond motifs is 9. The maximum absolute atomic E-state index is 6.33. The molecule has 0 saturated carbocycles. The van der Waals surface area contributed by atoms with E-state index in [1.165, 1.54) is 73.7 Å². The second-order valence-electron chi connectivity index (χ2n) is 14.7. The Kier molecular flexibility index (Phi) is 7.31. The van der Waals surface area contributed by atoms with Crippen molar-refractivity contribution in [2.45, 2.75) is 0 Å². The molecule has 0 aliphatic rings. The molecule has 0 atom stereocenters. The van der Waals surface area contributed by atoms with Crippen LogP contribution in [0.1, 0.15) is 0 Å². The molecule has 12 aromatic rings. The summed E-state index contributed by atoms with van der Waals surface area (Å²) in [6, 6.07) is 68.0. The molecule has 0 unspecified atom stereocenters. The average Bonchev–Trinajstić information content (AvgIpc) is 3.96. The highest BCUT2D eigenvalue weighted by atomic mass is 32.1. The molecule has 0 aliphatic carbocycles. The van der Waals surface area contributed by atoms with Gasteiger partial charge < -0.3 is 4.42 Å². The fraction of sp³-hybridized carbons (Fsp3) is 0. The fourth-order valence-corrected chi connectivity index (χ4v) is 10.6. The third kappa shape index (κ3) is 5.48. The molecule has 4 aromatic heterocycles. The minimum atomic E-state index is 0.788. The number of hydrogen-bond acceptors (Lipinski definition) is 4. The Bertz CT molecular complexity index is 3550. The highest BCUT2D eigenvalue weighted by Gasteiger charge is 2.14. The van der Waals surface area contributed by atoms with E-state index in [2.05, 4.69) is 188 Å². The predicted molar refractivity (Wildman–Crippen MR) is 244 cm³/mol. The molecule has 0 spiro atoms. The molecule has 8 aromatic carbocycles. The Morgan fingerprint density at radius 1 is 0.298 bits per heavy atom. The highest BCUT2D eigenvalue weighted by molar-refractivity contribution is 7.26. The van der Waals surface area contributed by atoms with E-state index in [9.17, 15) is 0 Å². The summed E-state index contributed by atoms with van der Waals surface area (Å²) in [6.07, 6.45) is 0. The van der Waals surface area contributed by atoms with Crippen molar-refractivity contribution in [1.29, 1.82) is 0 Å². The zero-order valence-corrected chi connectivity index (χ0v) is 32.2. The Morgan fingerprint density at radius 3 is 1.28 bits per heavy atom. The summed E-state index contributed by atoms with van der Waals surface area (Å²) in [6.45, 7) is 0. The van der Waals surface area contributed by atoms with Crippen molar-refractivity contribution in [3.05, 3.63) is 188 Å². The minimum absolute atomic E-state index is 0.788. The Balaban J connectivity index is 0.881. The summed E-state index contributed by atoms with van der Waals surface area (Å²) in [7, 11) is 0. The molecule has 0 radical (unpaired) electrons. The smallest absolute Gasteiger partial charge is 0.153 e. The second kappa shape index (κ2) is 12.9. The van der Waals surface area contributed by atoms with Gasteiger partial charge in [-0.05, 0) is 123 Å². The first-order valence-corrected chi connectivity index (χ1v) is 20.8. The normalized spacial score (nSPS) is 11.9. The van der Waals surface area contributed by atoms with Gasteiger partial charge in [-0.1, -0.05) is 109 Å². The Labute approximate surface area is 336 Å². The number of rotatable bonds is 5. The van der Waals surface area contributed by atoms with Gasteiger partial charge in [0.2, 0.25) is 0 Å². The van der Waals surface area contributed by atoms with Crippen molar-refractivity contribution in [3.63, 3.8) is 0 Å². The number of benzene rings is 8. The predicted octanol–water partition coefficient (Wildman–Crippen LogP) is 16.1. The van der Waals surface area contributed by atoms with Crippen LogP contribution in [0.5, 0.6) is 0 Å². The van der Waals surface area contributed by atoms with Crippen molar-refractivity contribution in [2.75, 3.05) is 0 Å². The van der Waals surface area contributed by atoms with Crippen LogP contribution in [0.3, 0.4) is 0 Å². The number of aromatic nitrogens is 1. The zero-order valence-electron chi connectivity index (χ0n) is 30.6. The third-order valence-electron chi connectivity index (χ3n) is 11.3. The van der Waals surface area contributed by atoms with E-state index in [1.807, 2.05) is 22.7 Å². The van der Waals surface area contributed by atoms with Gasteiger partial charge in [0.15, 0.2) is 5.58 Å². The van der Waals surface area contributed by atoms with E-state index < -0.39 is 0 Å². The van der Waals surface area contributed by atoms with Crippen LogP contribution in [0.25, 0.3) is 118 Å². The lowest BCUT2D eigenvalue weighted by molar-refractivity contribution is 0.668. The summed E-state index contributed by atoms with van der Waals surface area (Å²) >= 11 is 3.71. The second-order valence-corrected chi connectivity index (χ2v) is 16.9. The van der Waals surface area contributed by atoms with Crippen LogP contribution in [-0.4, -0.2) is 4.98 Å². The molecule has 4 heterocycles. The molecular formula is C53H31NOS2. The molecule has 266 valence electrons. The monoisotopic (exact) mass is 761 g/mol. The lowest BCUT2D eigenvalue weighted by Gasteiger charge is -2.09. The number of nitrogens with zero attached hydrogens (tertiary/aromatic N) is 1. The SMILES string of the molecule is c1cc(-c2cccc(-c3ccc4oc5ccc(-c6cccc(-c7ccc8sc9ccccc9c8c7)c6)nc5c4c3)c2)cc(-c2ccc3sc4ccccc4c3c2)c1. The summed E-state index contributed by atoms with van der Waals surface area (Å²) in [5.74, 6) is 0. The van der Waals surface area contributed by atoms with Crippen LogP contribution < -0.4 is 0 Å². The van der Waals surface area contributed by atoms with Gasteiger partial charge in [0.25, 0.3) is 0 Å². The van der Waals surface area contributed by atoms with Crippen molar-refractivity contribution in [1.82, 2.24) is 4.98 Å². The standard InChI is InChI=1S/C53H31NOS2/c1-3-16-49-41(14-1)43-29-38(19-24-51(43)56-49)35-11-6-9-33(27-35)32-8-5-10-34(26-32)37-18-22-47-45(31-37)53-48(55-47)23-21-46(54-53)40-13-7-12-36(28-40)39-20-25-52-44(30-39)42-15-2-4-17-50(42)57-52/h1-31H. The maximum atomic E-state index is 6.33. The highest BCUT2D eigenvalue weighted by Crippen LogP contribution is 2.40. The molecule has 0 fully saturated rings. The molecule has 0 aliphatic heterocycles. The van der Waals surface area contributed by atoms with Crippen LogP contribution in [0.4, 0.5) is 0 Å². The van der Waals surface area contributed by atoms with Gasteiger partial charge in [0, 0.05) is 51.3 Å². The topological polar surface area (TPSA) is 26.0 Å². The van der Waals surface area contributed by atoms with Crippen molar-refractivity contribution >= 4 is 85.1 Å². The van der Waals surface area contributed by atoms with Gasteiger partial charge in [-0.2, -0.15) is 0 Å². The molecule has 0 bridgehead atoms. The van der Waals surface area contributed by atoms with E-state index in [0.29, 0.717) is 0 Å². The Morgan fingerprint density at radius 2 is 0.719 bits per heavy atom. The largest absolute Gasteiger partial charge is 0.454 e. The van der Waals surface area contributed by atoms with E-state index in [0.717, 1.165) is 44.5 Å². The summed E-state index contributed by atoms with van der Waals surface area (Å²) in [5, 5.41) is 6.27. The molecule has 0 amide bonds. The van der Waals surface area contributed by atoms with Gasteiger partial charge in [0.05, 0.1) is 5.69 Å². The maximum Gasteiger partial charge on any atom is 0.153 e. The van der Waals surface area contributed by atoms with Gasteiger partial charge in [-0.15, -0.1) is 22.7 Å². The molecule has 4 heteroatoms. The van der Waals surface area contributed by atoms with Crippen LogP contribution >= 0.6 is 22.7 Å². The van der Waals surface area contributed by atoms with Crippen molar-refractivity contribution < 1.29 is 4.42 Å². The van der Waals surface area contributed by atoms with Crippen molar-refractivity contribution in [2.24, 2.45) is 0 Å². The lowest BCUT2D eigenvalue weighted by atomic mass is 9.95. The van der Waals surface area contributed by atoms with Crippen LogP contribution in [0.15, 0.2) is 192 Å². The van der Waals surface area contributed by atoms with Gasteiger partial charge in [-0.25, -0.2) is 4.98 Å². The lowest BCUT2D eigenvalue weighted by Crippen LogP contribution is -1.86. The zero-order chi connectivity index (χ0) is 37.5. The number of thiophene rings is 2. The molecule has 0 saturated heterocycles. The van der Waals surface area contributed by atoms with Gasteiger partial charge in [-0.3, -0.25) is 0 Å². The van der Waals surface area contributed by atoms with E-state index in [-0.39, 0.29) is 0 Å². The fourth-order valence-electron chi connectivity index (χ4n) is 8.41. The van der Waals surface area contributed by atoms with Gasteiger partial charge >= 0.3 is 0 Å². The minimum Gasteiger partial charge on any atom is -0.454 e. The van der Waals surface area contributed by atoms with Crippen LogP contribution in [0, 0.1) is 0 Å². The van der Waals surface area contributed by atoms with Crippen LogP contribution in [0.2, 0.25) is 0 Å². The van der Waals surface area contributed by atoms with Crippen LogP contribution in [-0.2, 0) is 0 Å². The molecule has 2 nitrogen and oxygen atoms in total. The number of furan rings is 1. The van der Waals surface area contributed by atoms with Crippen molar-refractivity contribution in [3.8, 4) is 55.8 Å². The molecular weight excluding hydrogens is 731 g/mol. The first-order chi connectivity index (χ1) is 28.2. The summed E-state index contributed by atoms with van der Waals surface area (Å²) in [4.78, 5) is 5.23. The first-order valence-electron chi connectivity index (χ1n) is 19.2. The summed E-state index contributed by atoms with van der Waals surface area (Å²) < 4.78 is 11.6.